The van der Waals surface area contributed by atoms with Crippen LogP contribution in [0.4, 0.5) is 5.69 Å². The van der Waals surface area contributed by atoms with E-state index in [0.717, 1.165) is 5.56 Å². The number of anilines is 1. The van der Waals surface area contributed by atoms with Crippen molar-refractivity contribution in [3.63, 3.8) is 0 Å². The van der Waals surface area contributed by atoms with Crippen molar-refractivity contribution in [2.45, 2.75) is 39.8 Å². The summed E-state index contributed by atoms with van der Waals surface area (Å²) in [7, 11) is 0. The van der Waals surface area contributed by atoms with Gasteiger partial charge in [0.2, 0.25) is 0 Å². The molecule has 2 amide bonds. The monoisotopic (exact) mass is 340 g/mol. The highest BCUT2D eigenvalue weighted by atomic mass is 16.5. The lowest BCUT2D eigenvalue weighted by Gasteiger charge is -2.17. The predicted octanol–water partition coefficient (Wildman–Crippen LogP) is 3.54. The third kappa shape index (κ3) is 5.35. The average molecular weight is 340 g/mol. The summed E-state index contributed by atoms with van der Waals surface area (Å²) in [5.74, 6) is 0.0953. The molecule has 0 aliphatic rings. The molecule has 0 unspecified atom stereocenters. The molecule has 2 aromatic carbocycles. The molecule has 0 saturated carbocycles. The predicted molar refractivity (Wildman–Crippen MR) is 98.9 cm³/mol. The van der Waals surface area contributed by atoms with E-state index in [9.17, 15) is 9.59 Å². The molecule has 0 spiro atoms. The van der Waals surface area contributed by atoms with Crippen molar-refractivity contribution in [1.29, 1.82) is 0 Å². The molecule has 0 saturated heterocycles. The highest BCUT2D eigenvalue weighted by molar-refractivity contribution is 6.04. The van der Waals surface area contributed by atoms with Crippen LogP contribution in [-0.2, 0) is 4.79 Å². The van der Waals surface area contributed by atoms with Crippen molar-refractivity contribution in [1.82, 2.24) is 5.32 Å². The van der Waals surface area contributed by atoms with Gasteiger partial charge in [0.1, 0.15) is 5.75 Å². The number of aryl methyl sites for hydroxylation is 1. The van der Waals surface area contributed by atoms with E-state index < -0.39 is 6.10 Å². The molecular weight excluding hydrogens is 316 g/mol. The highest BCUT2D eigenvalue weighted by Gasteiger charge is 2.18. The van der Waals surface area contributed by atoms with Crippen LogP contribution in [0.5, 0.6) is 5.75 Å². The molecule has 0 radical (unpaired) electrons. The molecule has 0 aromatic heterocycles. The minimum absolute atomic E-state index is 0.0137. The number of hydrogen-bond donors (Lipinski definition) is 2. The quantitative estimate of drug-likeness (QED) is 0.845. The maximum atomic E-state index is 12.4. The molecule has 1 atom stereocenters. The molecule has 0 aliphatic carbocycles. The number of carbonyl (C=O) groups is 2. The molecular formula is C20H24N2O3. The molecule has 25 heavy (non-hydrogen) atoms. The normalized spacial score (nSPS) is 11.7. The third-order valence-corrected chi connectivity index (χ3v) is 3.52. The van der Waals surface area contributed by atoms with Crippen molar-refractivity contribution < 1.29 is 14.3 Å². The van der Waals surface area contributed by atoms with E-state index in [1.54, 1.807) is 37.3 Å². The Morgan fingerprint density at radius 2 is 1.72 bits per heavy atom. The van der Waals surface area contributed by atoms with Crippen LogP contribution in [0.1, 0.15) is 36.7 Å². The van der Waals surface area contributed by atoms with Crippen LogP contribution in [0.15, 0.2) is 48.5 Å². The van der Waals surface area contributed by atoms with Crippen molar-refractivity contribution >= 4 is 17.5 Å². The van der Waals surface area contributed by atoms with E-state index in [1.165, 1.54) is 0 Å². The highest BCUT2D eigenvalue weighted by Crippen LogP contribution is 2.18. The van der Waals surface area contributed by atoms with Gasteiger partial charge in [-0.15, -0.1) is 0 Å². The molecule has 0 fully saturated rings. The van der Waals surface area contributed by atoms with E-state index in [0.29, 0.717) is 17.0 Å². The summed E-state index contributed by atoms with van der Waals surface area (Å²) in [6.45, 7) is 7.41. The Kier molecular flexibility index (Phi) is 6.17. The largest absolute Gasteiger partial charge is 0.481 e. The van der Waals surface area contributed by atoms with E-state index in [1.807, 2.05) is 39.0 Å². The molecule has 0 bridgehead atoms. The van der Waals surface area contributed by atoms with Gasteiger partial charge in [-0.3, -0.25) is 9.59 Å². The summed E-state index contributed by atoms with van der Waals surface area (Å²) in [5.41, 5.74) is 1.94. The Balaban J connectivity index is 2.08. The topological polar surface area (TPSA) is 67.4 Å². The maximum Gasteiger partial charge on any atom is 0.265 e. The van der Waals surface area contributed by atoms with Gasteiger partial charge in [-0.25, -0.2) is 0 Å². The van der Waals surface area contributed by atoms with Crippen LogP contribution in [0.3, 0.4) is 0 Å². The van der Waals surface area contributed by atoms with Gasteiger partial charge in [0.25, 0.3) is 11.8 Å². The number of hydrogen-bond acceptors (Lipinski definition) is 3. The number of benzene rings is 2. The van der Waals surface area contributed by atoms with Crippen LogP contribution < -0.4 is 15.4 Å². The lowest BCUT2D eigenvalue weighted by molar-refractivity contribution is -0.122. The lowest BCUT2D eigenvalue weighted by Crippen LogP contribution is -2.33. The molecule has 2 aromatic rings. The fourth-order valence-corrected chi connectivity index (χ4v) is 2.31. The Morgan fingerprint density at radius 3 is 2.40 bits per heavy atom. The Hall–Kier alpha value is -2.82. The SMILES string of the molecule is Cc1cccc(O[C@@H](C)C(=O)Nc2ccccc2C(=O)NC(C)C)c1. The molecule has 132 valence electrons. The van der Waals surface area contributed by atoms with E-state index in [-0.39, 0.29) is 17.9 Å². The summed E-state index contributed by atoms with van der Waals surface area (Å²) < 4.78 is 5.68. The average Bonchev–Trinajstić information content (AvgIpc) is 2.54. The first-order valence-corrected chi connectivity index (χ1v) is 8.31. The number of carbonyl (C=O) groups excluding carboxylic acids is 2. The van der Waals surface area contributed by atoms with Gasteiger partial charge >= 0.3 is 0 Å². The lowest BCUT2D eigenvalue weighted by atomic mass is 10.1. The second-order valence-electron chi connectivity index (χ2n) is 6.24. The Labute approximate surface area is 148 Å². The fraction of sp³-hybridized carbons (Fsp3) is 0.300. The molecule has 5 nitrogen and oxygen atoms in total. The van der Waals surface area contributed by atoms with Crippen LogP contribution in [0.2, 0.25) is 0 Å². The van der Waals surface area contributed by atoms with E-state index in [4.69, 9.17) is 4.74 Å². The van der Waals surface area contributed by atoms with Gasteiger partial charge in [-0.05, 0) is 57.5 Å². The number of nitrogens with one attached hydrogen (secondary N) is 2. The van der Waals surface area contributed by atoms with Crippen molar-refractivity contribution in [3.8, 4) is 5.75 Å². The molecule has 2 rings (SSSR count). The summed E-state index contributed by atoms with van der Waals surface area (Å²) in [4.78, 5) is 24.7. The molecule has 0 heterocycles. The first-order valence-electron chi connectivity index (χ1n) is 8.31. The first kappa shape index (κ1) is 18.5. The summed E-state index contributed by atoms with van der Waals surface area (Å²) >= 11 is 0. The second-order valence-corrected chi connectivity index (χ2v) is 6.24. The smallest absolute Gasteiger partial charge is 0.265 e. The number of rotatable bonds is 6. The zero-order valence-electron chi connectivity index (χ0n) is 15.0. The van der Waals surface area contributed by atoms with Crippen molar-refractivity contribution in [2.75, 3.05) is 5.32 Å². The van der Waals surface area contributed by atoms with Gasteiger partial charge in [0.15, 0.2) is 6.10 Å². The molecule has 0 aliphatic heterocycles. The second kappa shape index (κ2) is 8.33. The van der Waals surface area contributed by atoms with Crippen LogP contribution in [0, 0.1) is 6.92 Å². The molecule has 2 N–H and O–H groups in total. The zero-order valence-corrected chi connectivity index (χ0v) is 15.0. The third-order valence-electron chi connectivity index (χ3n) is 3.52. The first-order chi connectivity index (χ1) is 11.9. The standard InChI is InChI=1S/C20H24N2O3/c1-13(2)21-20(24)17-10-5-6-11-18(17)22-19(23)15(4)25-16-9-7-8-14(3)12-16/h5-13,15H,1-4H3,(H,21,24)(H,22,23)/t15-/m0/s1. The molecule has 5 heteroatoms. The van der Waals surface area contributed by atoms with Gasteiger partial charge in [-0.2, -0.15) is 0 Å². The summed E-state index contributed by atoms with van der Waals surface area (Å²) in [5, 5.41) is 5.60. The van der Waals surface area contributed by atoms with Crippen LogP contribution in [0.25, 0.3) is 0 Å². The number of ether oxygens (including phenoxy) is 1. The van der Waals surface area contributed by atoms with E-state index >= 15 is 0 Å². The van der Waals surface area contributed by atoms with Crippen molar-refractivity contribution in [2.24, 2.45) is 0 Å². The minimum Gasteiger partial charge on any atom is -0.481 e. The van der Waals surface area contributed by atoms with E-state index in [2.05, 4.69) is 10.6 Å². The fourth-order valence-electron chi connectivity index (χ4n) is 2.31. The van der Waals surface area contributed by atoms with Gasteiger partial charge in [0.05, 0.1) is 11.3 Å². The number of para-hydroxylation sites is 1. The van der Waals surface area contributed by atoms with Crippen LogP contribution >= 0.6 is 0 Å². The van der Waals surface area contributed by atoms with Gasteiger partial charge < -0.3 is 15.4 Å². The van der Waals surface area contributed by atoms with Crippen molar-refractivity contribution in [3.05, 3.63) is 59.7 Å². The van der Waals surface area contributed by atoms with Crippen LogP contribution in [-0.4, -0.2) is 24.0 Å². The summed E-state index contributed by atoms with van der Waals surface area (Å²) in [6, 6.07) is 14.4. The minimum atomic E-state index is -0.692. The zero-order chi connectivity index (χ0) is 18.4. The number of amides is 2. The van der Waals surface area contributed by atoms with Gasteiger partial charge in [0, 0.05) is 6.04 Å². The van der Waals surface area contributed by atoms with Gasteiger partial charge in [-0.1, -0.05) is 24.3 Å². The maximum absolute atomic E-state index is 12.4. The Morgan fingerprint density at radius 1 is 1.00 bits per heavy atom. The summed E-state index contributed by atoms with van der Waals surface area (Å²) in [6.07, 6.45) is -0.692. The Bertz CT molecular complexity index is 756.